The van der Waals surface area contributed by atoms with Gasteiger partial charge in [-0.1, -0.05) is 103 Å². The third-order valence-electron chi connectivity index (χ3n) is 9.07. The third-order valence-corrected chi connectivity index (χ3v) is 12.6. The molecule has 10 rings (SSSR count). The third kappa shape index (κ3) is 3.98. The molecular weight excluding hydrogens is 615 g/mol. The highest BCUT2D eigenvalue weighted by Gasteiger charge is 2.21. The second-order valence-corrected chi connectivity index (χ2v) is 14.9. The van der Waals surface area contributed by atoms with Crippen LogP contribution in [0.25, 0.3) is 71.6 Å². The van der Waals surface area contributed by atoms with Crippen LogP contribution in [0, 0.1) is 0 Å². The average Bonchev–Trinajstić information content (AvgIpc) is 3.80. The maximum Gasteiger partial charge on any atom is 0.0640 e. The Morgan fingerprint density at radius 2 is 0.935 bits per heavy atom. The van der Waals surface area contributed by atoms with Crippen LogP contribution in [0.4, 0.5) is 17.1 Å². The van der Waals surface area contributed by atoms with Crippen LogP contribution >= 0.6 is 34.0 Å². The number of fused-ring (bicyclic) bond motifs is 9. The monoisotopic (exact) mass is 639 g/mol. The number of thiophene rings is 3. The van der Waals surface area contributed by atoms with Gasteiger partial charge in [0.05, 0.1) is 10.4 Å². The SMILES string of the molecule is c1ccc(-c2cccc3c2sc2c(N(c4ccc5c(c4)sc4ccccc45)c4ccc5sc6ccccc6c5c4)cccc23)cc1. The van der Waals surface area contributed by atoms with E-state index >= 15 is 0 Å². The quantitative estimate of drug-likeness (QED) is 0.185. The second kappa shape index (κ2) is 10.3. The molecule has 0 aliphatic heterocycles. The van der Waals surface area contributed by atoms with Gasteiger partial charge in [0, 0.05) is 67.2 Å². The Bertz CT molecular complexity index is 2760. The zero-order valence-electron chi connectivity index (χ0n) is 24.6. The molecule has 4 heteroatoms. The number of benzene rings is 7. The summed E-state index contributed by atoms with van der Waals surface area (Å²) in [4.78, 5) is 2.48. The Balaban J connectivity index is 1.26. The van der Waals surface area contributed by atoms with E-state index in [1.807, 2.05) is 34.0 Å². The van der Waals surface area contributed by atoms with E-state index in [9.17, 15) is 0 Å². The van der Waals surface area contributed by atoms with Crippen molar-refractivity contribution in [3.05, 3.63) is 152 Å². The number of hydrogen-bond acceptors (Lipinski definition) is 4. The molecule has 0 aliphatic carbocycles. The van der Waals surface area contributed by atoms with Crippen molar-refractivity contribution in [3.8, 4) is 11.1 Å². The summed E-state index contributed by atoms with van der Waals surface area (Å²) in [6.07, 6.45) is 0. The van der Waals surface area contributed by atoms with E-state index in [-0.39, 0.29) is 0 Å². The van der Waals surface area contributed by atoms with Crippen molar-refractivity contribution in [1.82, 2.24) is 0 Å². The van der Waals surface area contributed by atoms with Gasteiger partial charge in [0.1, 0.15) is 0 Å². The van der Waals surface area contributed by atoms with Crippen molar-refractivity contribution >= 4 is 112 Å². The fourth-order valence-corrected chi connectivity index (χ4v) is 10.5. The minimum absolute atomic E-state index is 1.17. The molecule has 0 atom stereocenters. The molecule has 0 fully saturated rings. The number of anilines is 3. The highest BCUT2D eigenvalue weighted by atomic mass is 32.1. The molecule has 10 aromatic rings. The van der Waals surface area contributed by atoms with Gasteiger partial charge in [-0.3, -0.25) is 0 Å². The molecule has 0 spiro atoms. The van der Waals surface area contributed by atoms with Gasteiger partial charge in [0.15, 0.2) is 0 Å². The van der Waals surface area contributed by atoms with Crippen LogP contribution in [0.1, 0.15) is 0 Å². The number of rotatable bonds is 4. The lowest BCUT2D eigenvalue weighted by Gasteiger charge is -2.26. The van der Waals surface area contributed by atoms with Crippen molar-refractivity contribution in [2.24, 2.45) is 0 Å². The van der Waals surface area contributed by atoms with Crippen molar-refractivity contribution < 1.29 is 0 Å². The highest BCUT2D eigenvalue weighted by Crippen LogP contribution is 2.49. The van der Waals surface area contributed by atoms with Gasteiger partial charge in [-0.2, -0.15) is 0 Å². The lowest BCUT2D eigenvalue weighted by molar-refractivity contribution is 1.32. The normalized spacial score (nSPS) is 11.9. The molecule has 3 heterocycles. The molecule has 1 nitrogen and oxygen atoms in total. The van der Waals surface area contributed by atoms with Crippen molar-refractivity contribution in [1.29, 1.82) is 0 Å². The molecule has 0 unspecified atom stereocenters. The van der Waals surface area contributed by atoms with E-state index in [0.29, 0.717) is 0 Å². The highest BCUT2D eigenvalue weighted by molar-refractivity contribution is 7.27. The predicted molar refractivity (Wildman–Crippen MR) is 205 cm³/mol. The van der Waals surface area contributed by atoms with E-state index in [0.717, 1.165) is 0 Å². The Kier molecular flexibility index (Phi) is 5.85. The van der Waals surface area contributed by atoms with E-state index in [1.54, 1.807) is 0 Å². The molecule has 7 aromatic carbocycles. The molecule has 0 aliphatic rings. The minimum atomic E-state index is 1.17. The van der Waals surface area contributed by atoms with Gasteiger partial charge in [-0.05, 0) is 59.7 Å². The zero-order chi connectivity index (χ0) is 30.2. The summed E-state index contributed by atoms with van der Waals surface area (Å²) < 4.78 is 7.90. The molecule has 46 heavy (non-hydrogen) atoms. The lowest BCUT2D eigenvalue weighted by Crippen LogP contribution is -2.09. The van der Waals surface area contributed by atoms with Crippen LogP contribution < -0.4 is 4.90 Å². The molecule has 0 saturated carbocycles. The fourth-order valence-electron chi connectivity index (χ4n) is 6.96. The fraction of sp³-hybridized carbons (Fsp3) is 0. The van der Waals surface area contributed by atoms with Crippen molar-refractivity contribution in [2.75, 3.05) is 4.90 Å². The topological polar surface area (TPSA) is 3.24 Å². The molecule has 3 aromatic heterocycles. The van der Waals surface area contributed by atoms with Crippen LogP contribution in [0.5, 0.6) is 0 Å². The Labute approximate surface area is 277 Å². The maximum atomic E-state index is 2.48. The summed E-state index contributed by atoms with van der Waals surface area (Å²) in [7, 11) is 0. The first kappa shape index (κ1) is 26.2. The van der Waals surface area contributed by atoms with Gasteiger partial charge in [0.25, 0.3) is 0 Å². The summed E-state index contributed by atoms with van der Waals surface area (Å²) in [5.41, 5.74) is 6.09. The lowest BCUT2D eigenvalue weighted by atomic mass is 10.0. The van der Waals surface area contributed by atoms with Crippen LogP contribution in [0.15, 0.2) is 152 Å². The number of hydrogen-bond donors (Lipinski definition) is 0. The molecule has 0 saturated heterocycles. The Morgan fingerprint density at radius 3 is 1.76 bits per heavy atom. The largest absolute Gasteiger partial charge is 0.309 e. The summed E-state index contributed by atoms with van der Waals surface area (Å²) in [5, 5.41) is 7.87. The molecule has 0 N–H and O–H groups in total. The molecule has 216 valence electrons. The van der Waals surface area contributed by atoms with E-state index < -0.39 is 0 Å². The Hall–Kier alpha value is -5.00. The average molecular weight is 640 g/mol. The van der Waals surface area contributed by atoms with E-state index in [4.69, 9.17) is 0 Å². The minimum Gasteiger partial charge on any atom is -0.309 e. The van der Waals surface area contributed by atoms with Gasteiger partial charge in [0.2, 0.25) is 0 Å². The smallest absolute Gasteiger partial charge is 0.0640 e. The van der Waals surface area contributed by atoms with Crippen molar-refractivity contribution in [2.45, 2.75) is 0 Å². The molecule has 0 radical (unpaired) electrons. The van der Waals surface area contributed by atoms with Gasteiger partial charge in [-0.15, -0.1) is 34.0 Å². The predicted octanol–water partition coefficient (Wildman–Crippen LogP) is 13.9. The Morgan fingerprint density at radius 1 is 0.348 bits per heavy atom. The second-order valence-electron chi connectivity index (χ2n) is 11.7. The van der Waals surface area contributed by atoms with Crippen molar-refractivity contribution in [3.63, 3.8) is 0 Å². The van der Waals surface area contributed by atoms with Crippen LogP contribution in [-0.4, -0.2) is 0 Å². The molecule has 0 bridgehead atoms. The summed E-state index contributed by atoms with van der Waals surface area (Å²) in [6.45, 7) is 0. The molecular formula is C42H25NS3. The van der Waals surface area contributed by atoms with Gasteiger partial charge in [-0.25, -0.2) is 0 Å². The van der Waals surface area contributed by atoms with Crippen LogP contribution in [0.3, 0.4) is 0 Å². The summed E-state index contributed by atoms with van der Waals surface area (Å²) in [5.74, 6) is 0. The standard InChI is InChI=1S/C42H25NS3/c1-2-10-26(11-3-1)29-14-8-15-33-34-16-9-17-36(42(34)46-41(29)33)43(27-21-23-39-35(24-27)31-13-5-7-19-38(31)44-39)28-20-22-32-30-12-4-6-18-37(30)45-40(32)25-28/h1-25H. The first-order valence-electron chi connectivity index (χ1n) is 15.4. The van der Waals surface area contributed by atoms with Crippen LogP contribution in [0.2, 0.25) is 0 Å². The van der Waals surface area contributed by atoms with Crippen LogP contribution in [-0.2, 0) is 0 Å². The zero-order valence-corrected chi connectivity index (χ0v) is 27.1. The summed E-state index contributed by atoms with van der Waals surface area (Å²) in [6, 6.07) is 55.8. The van der Waals surface area contributed by atoms with Gasteiger partial charge < -0.3 is 4.90 Å². The van der Waals surface area contributed by atoms with E-state index in [1.165, 1.54) is 88.7 Å². The number of nitrogens with zero attached hydrogens (tertiary/aromatic N) is 1. The van der Waals surface area contributed by atoms with Gasteiger partial charge >= 0.3 is 0 Å². The van der Waals surface area contributed by atoms with E-state index in [2.05, 4.69) is 157 Å². The summed E-state index contributed by atoms with van der Waals surface area (Å²) >= 11 is 5.65. The first-order chi connectivity index (χ1) is 22.8. The first-order valence-corrected chi connectivity index (χ1v) is 17.9. The maximum absolute atomic E-state index is 2.48. The molecule has 0 amide bonds.